The Labute approximate surface area is 152 Å². The lowest BCUT2D eigenvalue weighted by Gasteiger charge is -2.07. The summed E-state index contributed by atoms with van der Waals surface area (Å²) in [6, 6.07) is 9.06. The predicted molar refractivity (Wildman–Crippen MR) is 99.0 cm³/mol. The maximum atomic E-state index is 12.2. The lowest BCUT2D eigenvalue weighted by atomic mass is 10.1. The van der Waals surface area contributed by atoms with E-state index in [0.717, 1.165) is 18.4 Å². The van der Waals surface area contributed by atoms with Crippen molar-refractivity contribution in [3.8, 4) is 0 Å². The molecule has 25 heavy (non-hydrogen) atoms. The van der Waals surface area contributed by atoms with Gasteiger partial charge in [0.05, 0.1) is 11.1 Å². The Balaban J connectivity index is 1.87. The molecule has 2 N–H and O–H groups in total. The van der Waals surface area contributed by atoms with Crippen molar-refractivity contribution in [2.75, 3.05) is 13.1 Å². The van der Waals surface area contributed by atoms with Crippen LogP contribution in [-0.2, 0) is 6.42 Å². The maximum Gasteiger partial charge on any atom is 0.252 e. The topological polar surface area (TPSA) is 71.1 Å². The van der Waals surface area contributed by atoms with Gasteiger partial charge in [-0.1, -0.05) is 37.1 Å². The maximum absolute atomic E-state index is 12.2. The van der Waals surface area contributed by atoms with Crippen LogP contribution in [0.5, 0.6) is 0 Å². The van der Waals surface area contributed by atoms with Gasteiger partial charge in [0, 0.05) is 30.5 Å². The zero-order valence-corrected chi connectivity index (χ0v) is 15.0. The molecule has 6 heteroatoms. The minimum absolute atomic E-state index is 0.211. The monoisotopic (exact) mass is 359 g/mol. The summed E-state index contributed by atoms with van der Waals surface area (Å²) in [5.41, 5.74) is 1.85. The van der Waals surface area contributed by atoms with Crippen LogP contribution >= 0.6 is 11.6 Å². The molecule has 132 valence electrons. The van der Waals surface area contributed by atoms with E-state index in [1.807, 2.05) is 24.3 Å². The van der Waals surface area contributed by atoms with E-state index in [0.29, 0.717) is 35.7 Å². The highest BCUT2D eigenvalue weighted by Gasteiger charge is 2.10. The first-order chi connectivity index (χ1) is 12.1. The smallest absolute Gasteiger partial charge is 0.252 e. The van der Waals surface area contributed by atoms with Gasteiger partial charge in [0.25, 0.3) is 11.8 Å². The quantitative estimate of drug-likeness (QED) is 0.711. The number of benzene rings is 1. The molecule has 0 bridgehead atoms. The minimum atomic E-state index is -0.246. The summed E-state index contributed by atoms with van der Waals surface area (Å²) >= 11 is 5.85. The van der Waals surface area contributed by atoms with E-state index in [9.17, 15) is 9.59 Å². The summed E-state index contributed by atoms with van der Waals surface area (Å²) in [7, 11) is 0. The first kappa shape index (κ1) is 18.9. The fraction of sp³-hybridized carbons (Fsp3) is 0.316. The predicted octanol–water partition coefficient (Wildman–Crippen LogP) is 3.24. The third-order valence-electron chi connectivity index (χ3n) is 3.69. The number of pyridine rings is 1. The molecule has 0 unspecified atom stereocenters. The molecule has 5 nitrogen and oxygen atoms in total. The molecule has 0 aliphatic rings. The number of hydrogen-bond donors (Lipinski definition) is 2. The van der Waals surface area contributed by atoms with Crippen molar-refractivity contribution in [2.45, 2.75) is 26.2 Å². The van der Waals surface area contributed by atoms with Crippen molar-refractivity contribution < 1.29 is 9.59 Å². The van der Waals surface area contributed by atoms with Crippen molar-refractivity contribution in [1.82, 2.24) is 15.6 Å². The number of aromatic nitrogens is 1. The zero-order chi connectivity index (χ0) is 18.1. The van der Waals surface area contributed by atoms with Gasteiger partial charge in [0.1, 0.15) is 0 Å². The van der Waals surface area contributed by atoms with E-state index in [1.165, 1.54) is 12.4 Å². The third kappa shape index (κ3) is 6.19. The molecular weight excluding hydrogens is 338 g/mol. The average molecular weight is 360 g/mol. The van der Waals surface area contributed by atoms with E-state index in [-0.39, 0.29) is 11.8 Å². The number of unbranched alkanes of at least 4 members (excludes halogenated alkanes) is 1. The molecule has 0 radical (unpaired) electrons. The zero-order valence-electron chi connectivity index (χ0n) is 14.2. The summed E-state index contributed by atoms with van der Waals surface area (Å²) in [5.74, 6) is -0.457. The molecule has 0 aliphatic heterocycles. The van der Waals surface area contributed by atoms with Gasteiger partial charge >= 0.3 is 0 Å². The summed E-state index contributed by atoms with van der Waals surface area (Å²) in [6.45, 7) is 3.17. The van der Waals surface area contributed by atoms with Gasteiger partial charge in [-0.25, -0.2) is 0 Å². The molecule has 0 saturated carbocycles. The van der Waals surface area contributed by atoms with Crippen molar-refractivity contribution in [1.29, 1.82) is 0 Å². The van der Waals surface area contributed by atoms with Crippen molar-refractivity contribution in [3.05, 3.63) is 64.4 Å². The second-order valence-electron chi connectivity index (χ2n) is 5.70. The van der Waals surface area contributed by atoms with Gasteiger partial charge in [-0.05, 0) is 36.6 Å². The van der Waals surface area contributed by atoms with Crippen LogP contribution in [0.15, 0.2) is 42.7 Å². The van der Waals surface area contributed by atoms with Crippen molar-refractivity contribution >= 4 is 23.4 Å². The molecule has 0 spiro atoms. The molecule has 0 aliphatic carbocycles. The van der Waals surface area contributed by atoms with Crippen LogP contribution in [0.2, 0.25) is 5.02 Å². The number of rotatable bonds is 8. The summed E-state index contributed by atoms with van der Waals surface area (Å²) in [4.78, 5) is 28.2. The Morgan fingerprint density at radius 3 is 2.20 bits per heavy atom. The Kier molecular flexibility index (Phi) is 7.41. The van der Waals surface area contributed by atoms with Crippen LogP contribution in [0.3, 0.4) is 0 Å². The van der Waals surface area contributed by atoms with Gasteiger partial charge in [0.2, 0.25) is 0 Å². The number of carbonyl (C=O) groups is 2. The number of halogens is 1. The number of nitrogens with zero attached hydrogens (tertiary/aromatic N) is 1. The van der Waals surface area contributed by atoms with Gasteiger partial charge < -0.3 is 10.6 Å². The first-order valence-electron chi connectivity index (χ1n) is 8.36. The second kappa shape index (κ2) is 9.79. The number of nitrogens with one attached hydrogen (secondary N) is 2. The molecule has 0 atom stereocenters. The van der Waals surface area contributed by atoms with Crippen molar-refractivity contribution in [2.24, 2.45) is 0 Å². The molecule has 1 heterocycles. The molecular formula is C19H22ClN3O2. The molecule has 2 aromatic rings. The van der Waals surface area contributed by atoms with Crippen LogP contribution in [-0.4, -0.2) is 29.9 Å². The average Bonchev–Trinajstić information content (AvgIpc) is 2.63. The number of hydrogen-bond acceptors (Lipinski definition) is 3. The number of carbonyl (C=O) groups excluding carboxylic acids is 2. The van der Waals surface area contributed by atoms with E-state index < -0.39 is 0 Å². The van der Waals surface area contributed by atoms with Gasteiger partial charge in [-0.2, -0.15) is 0 Å². The molecule has 1 aromatic carbocycles. The fourth-order valence-corrected chi connectivity index (χ4v) is 2.37. The van der Waals surface area contributed by atoms with Crippen LogP contribution in [0, 0.1) is 0 Å². The highest BCUT2D eigenvalue weighted by molar-refractivity contribution is 6.30. The third-order valence-corrected chi connectivity index (χ3v) is 3.94. The van der Waals surface area contributed by atoms with Gasteiger partial charge in [-0.15, -0.1) is 0 Å². The Morgan fingerprint density at radius 2 is 1.60 bits per heavy atom. The molecule has 2 rings (SSSR count). The van der Waals surface area contributed by atoms with Crippen LogP contribution < -0.4 is 10.6 Å². The van der Waals surface area contributed by atoms with E-state index in [4.69, 9.17) is 11.6 Å². The molecule has 0 saturated heterocycles. The SMILES string of the molecule is CCCCNC(=O)c1cncc(C(=O)NCCc2ccc(Cl)cc2)c1. The molecule has 0 fully saturated rings. The first-order valence-corrected chi connectivity index (χ1v) is 8.74. The fourth-order valence-electron chi connectivity index (χ4n) is 2.24. The van der Waals surface area contributed by atoms with Gasteiger partial charge in [-0.3, -0.25) is 14.6 Å². The van der Waals surface area contributed by atoms with Crippen LogP contribution in [0.4, 0.5) is 0 Å². The summed E-state index contributed by atoms with van der Waals surface area (Å²) in [5, 5.41) is 6.34. The lowest BCUT2D eigenvalue weighted by Crippen LogP contribution is -2.27. The summed E-state index contributed by atoms with van der Waals surface area (Å²) in [6.07, 6.45) is 5.55. The van der Waals surface area contributed by atoms with E-state index >= 15 is 0 Å². The lowest BCUT2D eigenvalue weighted by molar-refractivity contribution is 0.0952. The Bertz CT molecular complexity index is 717. The van der Waals surface area contributed by atoms with E-state index in [2.05, 4.69) is 22.5 Å². The summed E-state index contributed by atoms with van der Waals surface area (Å²) < 4.78 is 0. The second-order valence-corrected chi connectivity index (χ2v) is 6.14. The standard InChI is InChI=1S/C19H22ClN3O2/c1-2-3-9-22-18(24)15-11-16(13-21-12-15)19(25)23-10-8-14-4-6-17(20)7-5-14/h4-7,11-13H,2-3,8-10H2,1H3,(H,22,24)(H,23,25). The van der Waals surface area contributed by atoms with Crippen LogP contribution in [0.1, 0.15) is 46.0 Å². The highest BCUT2D eigenvalue weighted by atomic mass is 35.5. The molecule has 2 amide bonds. The van der Waals surface area contributed by atoms with Gasteiger partial charge in [0.15, 0.2) is 0 Å². The largest absolute Gasteiger partial charge is 0.352 e. The van der Waals surface area contributed by atoms with Crippen molar-refractivity contribution in [3.63, 3.8) is 0 Å². The van der Waals surface area contributed by atoms with E-state index in [1.54, 1.807) is 6.07 Å². The highest BCUT2D eigenvalue weighted by Crippen LogP contribution is 2.09. The molecule has 1 aromatic heterocycles. The number of amides is 2. The minimum Gasteiger partial charge on any atom is -0.352 e. The van der Waals surface area contributed by atoms with Crippen LogP contribution in [0.25, 0.3) is 0 Å². The Morgan fingerprint density at radius 1 is 1.00 bits per heavy atom. The normalized spacial score (nSPS) is 10.3. The Hall–Kier alpha value is -2.40.